The Morgan fingerprint density at radius 2 is 1.86 bits per heavy atom. The Morgan fingerprint density at radius 1 is 1.29 bits per heavy atom. The van der Waals surface area contributed by atoms with Crippen molar-refractivity contribution in [3.63, 3.8) is 0 Å². The molecule has 77 valence electrons. The maximum Gasteiger partial charge on any atom is 0.130 e. The van der Waals surface area contributed by atoms with E-state index in [1.165, 1.54) is 0 Å². The van der Waals surface area contributed by atoms with Gasteiger partial charge in [-0.05, 0) is 10.2 Å². The number of halogens is 1. The molecule has 0 heterocycles. The summed E-state index contributed by atoms with van der Waals surface area (Å²) in [6.07, 6.45) is 0. The normalized spacial score (nSPS) is 13.0. The van der Waals surface area contributed by atoms with E-state index >= 15 is 0 Å². The van der Waals surface area contributed by atoms with Crippen LogP contribution in [0.3, 0.4) is 0 Å². The Balaban J connectivity index is 3.23. The third-order valence-corrected chi connectivity index (χ3v) is 8.84. The minimum atomic E-state index is -1.73. The molecule has 0 fully saturated rings. The van der Waals surface area contributed by atoms with Crippen LogP contribution in [0.1, 0.15) is 20.8 Å². The second kappa shape index (κ2) is 3.50. The van der Waals surface area contributed by atoms with Crippen molar-refractivity contribution in [3.8, 4) is 0 Å². The van der Waals surface area contributed by atoms with Crippen LogP contribution in [0.2, 0.25) is 18.1 Å². The first kappa shape index (κ1) is 11.4. The summed E-state index contributed by atoms with van der Waals surface area (Å²) in [6.45, 7) is 11.0. The zero-order valence-corrected chi connectivity index (χ0v) is 10.6. The molecule has 14 heavy (non-hydrogen) atoms. The van der Waals surface area contributed by atoms with Crippen molar-refractivity contribution in [2.45, 2.75) is 38.9 Å². The maximum atomic E-state index is 13.6. The molecule has 1 aromatic carbocycles. The zero-order chi connectivity index (χ0) is 11.0. The molecule has 0 aromatic heterocycles. The average Bonchev–Trinajstić information content (AvgIpc) is 2.02. The van der Waals surface area contributed by atoms with E-state index in [4.69, 9.17) is 0 Å². The third kappa shape index (κ3) is 1.90. The minimum absolute atomic E-state index is 0.168. The Labute approximate surface area is 87.2 Å². The first-order chi connectivity index (χ1) is 6.27. The molecular weight excluding hydrogens is 191 g/mol. The summed E-state index contributed by atoms with van der Waals surface area (Å²) < 4.78 is 13.6. The summed E-state index contributed by atoms with van der Waals surface area (Å²) in [6, 6.07) is 8.06. The molecule has 0 bridgehead atoms. The van der Waals surface area contributed by atoms with Crippen molar-refractivity contribution in [2.24, 2.45) is 0 Å². The minimum Gasteiger partial charge on any atom is -0.206 e. The van der Waals surface area contributed by atoms with Crippen LogP contribution in [-0.4, -0.2) is 8.07 Å². The standard InChI is InChI=1S/C12H18FSi/c1-12(2,3)14(4,5)11-9-7-6-8-10(11)13/h6-7,9H,1-5H3. The summed E-state index contributed by atoms with van der Waals surface area (Å²) >= 11 is 0. The van der Waals surface area contributed by atoms with E-state index in [0.29, 0.717) is 0 Å². The zero-order valence-electron chi connectivity index (χ0n) is 9.61. The van der Waals surface area contributed by atoms with Gasteiger partial charge in [-0.15, -0.1) is 0 Å². The van der Waals surface area contributed by atoms with E-state index in [-0.39, 0.29) is 10.9 Å². The van der Waals surface area contributed by atoms with Crippen LogP contribution in [0.5, 0.6) is 0 Å². The Morgan fingerprint density at radius 3 is 2.29 bits per heavy atom. The van der Waals surface area contributed by atoms with Crippen LogP contribution in [0.15, 0.2) is 18.2 Å². The largest absolute Gasteiger partial charge is 0.206 e. The molecule has 1 aromatic rings. The summed E-state index contributed by atoms with van der Waals surface area (Å²) in [5, 5.41) is 1.05. The fourth-order valence-electron chi connectivity index (χ4n) is 1.30. The molecular formula is C12H18FSi. The number of hydrogen-bond acceptors (Lipinski definition) is 0. The highest BCUT2D eigenvalue weighted by Gasteiger charge is 2.38. The van der Waals surface area contributed by atoms with Gasteiger partial charge in [-0.3, -0.25) is 0 Å². The molecule has 0 aliphatic carbocycles. The van der Waals surface area contributed by atoms with Gasteiger partial charge in [-0.25, -0.2) is 4.39 Å². The van der Waals surface area contributed by atoms with Crippen molar-refractivity contribution in [2.75, 3.05) is 0 Å². The molecule has 0 atom stereocenters. The average molecular weight is 209 g/mol. The molecule has 0 nitrogen and oxygen atoms in total. The molecule has 0 aliphatic heterocycles. The van der Waals surface area contributed by atoms with Crippen molar-refractivity contribution in [1.29, 1.82) is 0 Å². The topological polar surface area (TPSA) is 0 Å². The van der Waals surface area contributed by atoms with Gasteiger partial charge in [-0.2, -0.15) is 0 Å². The molecule has 0 amide bonds. The Hall–Kier alpha value is -0.633. The molecule has 0 unspecified atom stereocenters. The predicted molar refractivity (Wildman–Crippen MR) is 62.1 cm³/mol. The number of benzene rings is 1. The molecule has 1 rings (SSSR count). The van der Waals surface area contributed by atoms with Crippen molar-refractivity contribution in [3.05, 3.63) is 30.1 Å². The van der Waals surface area contributed by atoms with Crippen molar-refractivity contribution in [1.82, 2.24) is 0 Å². The quantitative estimate of drug-likeness (QED) is 0.622. The first-order valence-corrected chi connectivity index (χ1v) is 7.93. The fraction of sp³-hybridized carbons (Fsp3) is 0.500. The van der Waals surface area contributed by atoms with Gasteiger partial charge in [0.1, 0.15) is 5.82 Å². The highest BCUT2D eigenvalue weighted by molar-refractivity contribution is 6.92. The second-order valence-electron chi connectivity index (χ2n) is 5.27. The number of rotatable bonds is 1. The molecule has 0 N–H and O–H groups in total. The summed E-state index contributed by atoms with van der Waals surface area (Å²) in [7, 11) is -1.73. The molecule has 0 saturated heterocycles. The Bertz CT molecular complexity index is 323. The second-order valence-corrected chi connectivity index (χ2v) is 10.6. The fourth-order valence-corrected chi connectivity index (χ4v) is 3.25. The lowest BCUT2D eigenvalue weighted by Crippen LogP contribution is -2.50. The van der Waals surface area contributed by atoms with E-state index in [2.05, 4.69) is 39.9 Å². The van der Waals surface area contributed by atoms with Gasteiger partial charge in [0.05, 0.1) is 8.07 Å². The van der Waals surface area contributed by atoms with Gasteiger partial charge in [-0.1, -0.05) is 52.1 Å². The Kier molecular flexibility index (Phi) is 2.86. The lowest BCUT2D eigenvalue weighted by atomic mass is 10.2. The van der Waals surface area contributed by atoms with Crippen LogP contribution in [0.4, 0.5) is 4.39 Å². The van der Waals surface area contributed by atoms with E-state index < -0.39 is 8.07 Å². The molecule has 0 saturated carbocycles. The molecule has 1 radical (unpaired) electrons. The van der Waals surface area contributed by atoms with Gasteiger partial charge in [0, 0.05) is 6.07 Å². The SMILES string of the molecule is CC(C)(C)[Si](C)(C)c1ccc[c]c1F. The summed E-state index contributed by atoms with van der Waals surface area (Å²) in [4.78, 5) is 0. The van der Waals surface area contributed by atoms with E-state index in [9.17, 15) is 4.39 Å². The smallest absolute Gasteiger partial charge is 0.130 e. The van der Waals surface area contributed by atoms with Crippen molar-refractivity contribution < 1.29 is 4.39 Å². The van der Waals surface area contributed by atoms with Gasteiger partial charge in [0.15, 0.2) is 0 Å². The first-order valence-electron chi connectivity index (χ1n) is 4.93. The monoisotopic (exact) mass is 209 g/mol. The van der Waals surface area contributed by atoms with Gasteiger partial charge in [0.2, 0.25) is 0 Å². The van der Waals surface area contributed by atoms with Gasteiger partial charge < -0.3 is 0 Å². The van der Waals surface area contributed by atoms with Crippen LogP contribution >= 0.6 is 0 Å². The summed E-state index contributed by atoms with van der Waals surface area (Å²) in [5.41, 5.74) is 0. The van der Waals surface area contributed by atoms with Crippen LogP contribution < -0.4 is 5.19 Å². The van der Waals surface area contributed by atoms with Gasteiger partial charge in [0.25, 0.3) is 0 Å². The van der Waals surface area contributed by atoms with Crippen LogP contribution in [0, 0.1) is 11.9 Å². The van der Waals surface area contributed by atoms with E-state index in [0.717, 1.165) is 5.19 Å². The van der Waals surface area contributed by atoms with E-state index in [1.807, 2.05) is 12.1 Å². The lowest BCUT2D eigenvalue weighted by Gasteiger charge is -2.37. The predicted octanol–water partition coefficient (Wildman–Crippen LogP) is 3.34. The summed E-state index contributed by atoms with van der Waals surface area (Å²) in [5.74, 6) is -0.168. The van der Waals surface area contributed by atoms with Crippen molar-refractivity contribution >= 4 is 13.3 Å². The highest BCUT2D eigenvalue weighted by Crippen LogP contribution is 2.35. The lowest BCUT2D eigenvalue weighted by molar-refractivity contribution is 0.629. The molecule has 0 aliphatic rings. The van der Waals surface area contributed by atoms with E-state index in [1.54, 1.807) is 6.07 Å². The van der Waals surface area contributed by atoms with Crippen LogP contribution in [0.25, 0.3) is 0 Å². The third-order valence-electron chi connectivity index (χ3n) is 3.35. The highest BCUT2D eigenvalue weighted by atomic mass is 28.3. The number of hydrogen-bond donors (Lipinski definition) is 0. The van der Waals surface area contributed by atoms with Crippen LogP contribution in [-0.2, 0) is 0 Å². The maximum absolute atomic E-state index is 13.6. The molecule has 2 heteroatoms. The van der Waals surface area contributed by atoms with Gasteiger partial charge >= 0.3 is 0 Å². The molecule has 0 spiro atoms.